The van der Waals surface area contributed by atoms with Crippen molar-refractivity contribution in [2.24, 2.45) is 0 Å². The molecule has 2 aromatic heterocycles. The number of carboxylic acid groups (broad SMARTS) is 1. The molecule has 2 rings (SSSR count). The summed E-state index contributed by atoms with van der Waals surface area (Å²) in [7, 11) is 0. The highest BCUT2D eigenvalue weighted by molar-refractivity contribution is 5.84. The number of aromatic nitrogens is 3. The number of nitrogens with zero attached hydrogens (tertiary/aromatic N) is 3. The third-order valence-electron chi connectivity index (χ3n) is 2.52. The molecule has 0 spiro atoms. The molecule has 0 aliphatic carbocycles. The topological polar surface area (TPSA) is 81.2 Å². The summed E-state index contributed by atoms with van der Waals surface area (Å²) in [6.45, 7) is 5.53. The number of aryl methyl sites for hydroxylation is 2. The van der Waals surface area contributed by atoms with Gasteiger partial charge in [0.05, 0.1) is 0 Å². The van der Waals surface area contributed by atoms with Crippen molar-refractivity contribution in [3.8, 4) is 0 Å². The summed E-state index contributed by atoms with van der Waals surface area (Å²) in [4.78, 5) is 14.9. The third kappa shape index (κ3) is 2.06. The van der Waals surface area contributed by atoms with Crippen LogP contribution in [0.25, 0.3) is 0 Å². The van der Waals surface area contributed by atoms with Crippen LogP contribution < -0.4 is 0 Å². The van der Waals surface area contributed by atoms with Gasteiger partial charge < -0.3 is 9.52 Å². The van der Waals surface area contributed by atoms with Gasteiger partial charge in [-0.15, -0.1) is 0 Å². The SMILES string of the molecule is Cc1nc(C)n(C(C)c2ccc(C(=O)O)o2)n1. The molecule has 6 heteroatoms. The van der Waals surface area contributed by atoms with Crippen molar-refractivity contribution in [1.29, 1.82) is 0 Å². The zero-order valence-corrected chi connectivity index (χ0v) is 9.84. The molecular weight excluding hydrogens is 222 g/mol. The van der Waals surface area contributed by atoms with Crippen LogP contribution in [-0.2, 0) is 0 Å². The number of hydrogen-bond donors (Lipinski definition) is 1. The fraction of sp³-hybridized carbons (Fsp3) is 0.364. The van der Waals surface area contributed by atoms with Crippen molar-refractivity contribution in [1.82, 2.24) is 14.8 Å². The lowest BCUT2D eigenvalue weighted by molar-refractivity contribution is 0.0659. The monoisotopic (exact) mass is 235 g/mol. The first kappa shape index (κ1) is 11.4. The minimum absolute atomic E-state index is 0.0682. The Morgan fingerprint density at radius 2 is 2.18 bits per heavy atom. The number of aromatic carboxylic acids is 1. The predicted octanol–water partition coefficient (Wildman–Crippen LogP) is 1.80. The van der Waals surface area contributed by atoms with E-state index in [1.807, 2.05) is 13.8 Å². The minimum Gasteiger partial charge on any atom is -0.475 e. The molecule has 1 atom stereocenters. The van der Waals surface area contributed by atoms with Gasteiger partial charge in [-0.2, -0.15) is 5.10 Å². The minimum atomic E-state index is -1.07. The van der Waals surface area contributed by atoms with Crippen LogP contribution in [0.15, 0.2) is 16.5 Å². The van der Waals surface area contributed by atoms with Gasteiger partial charge in [-0.3, -0.25) is 0 Å². The van der Waals surface area contributed by atoms with Crippen LogP contribution >= 0.6 is 0 Å². The van der Waals surface area contributed by atoms with Crippen LogP contribution in [0.5, 0.6) is 0 Å². The van der Waals surface area contributed by atoms with E-state index < -0.39 is 5.97 Å². The highest BCUT2D eigenvalue weighted by Gasteiger charge is 2.18. The van der Waals surface area contributed by atoms with Gasteiger partial charge in [0, 0.05) is 0 Å². The van der Waals surface area contributed by atoms with Crippen LogP contribution in [0.2, 0.25) is 0 Å². The van der Waals surface area contributed by atoms with E-state index in [2.05, 4.69) is 10.1 Å². The first-order valence-corrected chi connectivity index (χ1v) is 5.22. The van der Waals surface area contributed by atoms with Crippen molar-refractivity contribution in [2.45, 2.75) is 26.8 Å². The maximum atomic E-state index is 10.7. The third-order valence-corrected chi connectivity index (χ3v) is 2.52. The Balaban J connectivity index is 2.33. The number of hydrogen-bond acceptors (Lipinski definition) is 4. The maximum Gasteiger partial charge on any atom is 0.371 e. The number of furan rings is 1. The molecule has 0 aromatic carbocycles. The molecule has 0 fully saturated rings. The van der Waals surface area contributed by atoms with Gasteiger partial charge in [0.15, 0.2) is 0 Å². The Bertz CT molecular complexity index is 556. The van der Waals surface area contributed by atoms with Crippen molar-refractivity contribution in [3.05, 3.63) is 35.3 Å². The van der Waals surface area contributed by atoms with Gasteiger partial charge in [-0.25, -0.2) is 14.5 Å². The molecule has 2 aromatic rings. The summed E-state index contributed by atoms with van der Waals surface area (Å²) in [6, 6.07) is 2.90. The van der Waals surface area contributed by atoms with Crippen molar-refractivity contribution in [2.75, 3.05) is 0 Å². The zero-order valence-electron chi connectivity index (χ0n) is 9.84. The summed E-state index contributed by atoms with van der Waals surface area (Å²) >= 11 is 0. The summed E-state index contributed by atoms with van der Waals surface area (Å²) < 4.78 is 6.95. The van der Waals surface area contributed by atoms with Gasteiger partial charge >= 0.3 is 5.97 Å². The van der Waals surface area contributed by atoms with E-state index in [0.29, 0.717) is 11.6 Å². The standard InChI is InChI=1S/C11H13N3O3/c1-6(14-8(3)12-7(2)13-14)9-4-5-10(17-9)11(15)16/h4-6H,1-3H3,(H,15,16). The Morgan fingerprint density at radius 3 is 2.65 bits per heavy atom. The summed E-state index contributed by atoms with van der Waals surface area (Å²) in [5, 5.41) is 13.0. The first-order chi connectivity index (χ1) is 7.99. The van der Waals surface area contributed by atoms with Gasteiger partial charge in [-0.05, 0) is 32.9 Å². The van der Waals surface area contributed by atoms with Crippen LogP contribution in [-0.4, -0.2) is 25.8 Å². The number of carbonyl (C=O) groups is 1. The summed E-state index contributed by atoms with van der Waals surface area (Å²) in [5.41, 5.74) is 0. The largest absolute Gasteiger partial charge is 0.475 e. The average molecular weight is 235 g/mol. The molecule has 2 heterocycles. The zero-order chi connectivity index (χ0) is 12.6. The van der Waals surface area contributed by atoms with Crippen molar-refractivity contribution in [3.63, 3.8) is 0 Å². The number of rotatable bonds is 3. The van der Waals surface area contributed by atoms with Gasteiger partial charge in [0.2, 0.25) is 5.76 Å². The van der Waals surface area contributed by atoms with E-state index in [1.165, 1.54) is 6.07 Å². The molecule has 0 aliphatic heterocycles. The fourth-order valence-corrected chi connectivity index (χ4v) is 1.72. The second kappa shape index (κ2) is 4.04. The number of carboxylic acids is 1. The highest BCUT2D eigenvalue weighted by Crippen LogP contribution is 2.21. The normalized spacial score (nSPS) is 12.6. The van der Waals surface area contributed by atoms with E-state index in [0.717, 1.165) is 5.82 Å². The van der Waals surface area contributed by atoms with Crippen molar-refractivity contribution >= 4 is 5.97 Å². The highest BCUT2D eigenvalue weighted by atomic mass is 16.4. The Labute approximate surface area is 97.9 Å². The lowest BCUT2D eigenvalue weighted by Crippen LogP contribution is -2.09. The van der Waals surface area contributed by atoms with E-state index in [1.54, 1.807) is 17.7 Å². The molecule has 6 nitrogen and oxygen atoms in total. The Morgan fingerprint density at radius 1 is 1.47 bits per heavy atom. The van der Waals surface area contributed by atoms with Gasteiger partial charge in [-0.1, -0.05) is 0 Å². The summed E-state index contributed by atoms with van der Waals surface area (Å²) in [5.74, 6) is 0.856. The van der Waals surface area contributed by atoms with Crippen LogP contribution in [0.4, 0.5) is 0 Å². The van der Waals surface area contributed by atoms with Crippen molar-refractivity contribution < 1.29 is 14.3 Å². The second-order valence-electron chi connectivity index (χ2n) is 3.83. The van der Waals surface area contributed by atoms with Crippen LogP contribution in [0, 0.1) is 13.8 Å². The molecule has 0 saturated carbocycles. The van der Waals surface area contributed by atoms with Gasteiger partial charge in [0.1, 0.15) is 23.5 Å². The molecule has 90 valence electrons. The Kier molecular flexibility index (Phi) is 2.71. The molecule has 0 bridgehead atoms. The van der Waals surface area contributed by atoms with E-state index in [-0.39, 0.29) is 11.8 Å². The van der Waals surface area contributed by atoms with Gasteiger partial charge in [0.25, 0.3) is 0 Å². The van der Waals surface area contributed by atoms with Crippen LogP contribution in [0.1, 0.15) is 40.9 Å². The molecule has 0 amide bonds. The molecule has 1 unspecified atom stereocenters. The van der Waals surface area contributed by atoms with E-state index in [4.69, 9.17) is 9.52 Å². The first-order valence-electron chi connectivity index (χ1n) is 5.22. The maximum absolute atomic E-state index is 10.7. The summed E-state index contributed by atoms with van der Waals surface area (Å²) in [6.07, 6.45) is 0. The molecule has 0 radical (unpaired) electrons. The average Bonchev–Trinajstić information content (AvgIpc) is 2.84. The fourth-order valence-electron chi connectivity index (χ4n) is 1.72. The van der Waals surface area contributed by atoms with E-state index >= 15 is 0 Å². The molecular formula is C11H13N3O3. The van der Waals surface area contributed by atoms with E-state index in [9.17, 15) is 4.79 Å². The molecule has 17 heavy (non-hydrogen) atoms. The lowest BCUT2D eigenvalue weighted by Gasteiger charge is -2.09. The second-order valence-corrected chi connectivity index (χ2v) is 3.83. The Hall–Kier alpha value is -2.11. The predicted molar refractivity (Wildman–Crippen MR) is 59.0 cm³/mol. The molecule has 1 N–H and O–H groups in total. The molecule has 0 saturated heterocycles. The molecule has 0 aliphatic rings. The van der Waals surface area contributed by atoms with Crippen LogP contribution in [0.3, 0.4) is 0 Å². The smallest absolute Gasteiger partial charge is 0.371 e. The quantitative estimate of drug-likeness (QED) is 0.877. The lowest BCUT2D eigenvalue weighted by atomic mass is 10.2.